The smallest absolute Gasteiger partial charge is 0.270 e. The number of anilines is 1. The van der Waals surface area contributed by atoms with E-state index in [1.54, 1.807) is 36.4 Å². The lowest BCUT2D eigenvalue weighted by Gasteiger charge is -2.29. The van der Waals surface area contributed by atoms with Gasteiger partial charge in [0.25, 0.3) is 11.8 Å². The number of nitrogens with zero attached hydrogens (tertiary/aromatic N) is 1. The number of para-hydroxylation sites is 1. The van der Waals surface area contributed by atoms with Crippen molar-refractivity contribution in [1.29, 1.82) is 0 Å². The van der Waals surface area contributed by atoms with Crippen LogP contribution in [0.1, 0.15) is 5.56 Å². The first-order valence-corrected chi connectivity index (χ1v) is 8.67. The van der Waals surface area contributed by atoms with Crippen molar-refractivity contribution in [2.45, 2.75) is 0 Å². The second-order valence-electron chi connectivity index (χ2n) is 5.74. The highest BCUT2D eigenvalue weighted by Gasteiger charge is 2.35. The van der Waals surface area contributed by atoms with Crippen LogP contribution in [0.15, 0.2) is 48.0 Å². The summed E-state index contributed by atoms with van der Waals surface area (Å²) >= 11 is 5.19. The third-order valence-corrected chi connectivity index (χ3v) is 4.44. The Balaban J connectivity index is 2.12. The molecule has 144 valence electrons. The first-order valence-electron chi connectivity index (χ1n) is 8.26. The van der Waals surface area contributed by atoms with Gasteiger partial charge in [-0.1, -0.05) is 18.2 Å². The zero-order chi connectivity index (χ0) is 20.3. The zero-order valence-corrected chi connectivity index (χ0v) is 16.3. The standard InChI is InChI=1S/C20H18N2O5S/c1-25-13-9-16(26-2)14(17(10-13)27-3)11-15-18(23)21-20(28)22(19(15)24)12-7-5-4-6-8-12/h4-11H,1-3H3,(H,21,23,28)/b15-11-. The number of amides is 2. The van der Waals surface area contributed by atoms with Crippen molar-refractivity contribution < 1.29 is 23.8 Å². The molecule has 1 aliphatic heterocycles. The molecule has 3 rings (SSSR count). The van der Waals surface area contributed by atoms with Crippen LogP contribution >= 0.6 is 12.2 Å². The number of carbonyl (C=O) groups is 2. The Morgan fingerprint density at radius 2 is 1.57 bits per heavy atom. The van der Waals surface area contributed by atoms with Crippen LogP contribution in [0.3, 0.4) is 0 Å². The molecule has 7 nitrogen and oxygen atoms in total. The molecular weight excluding hydrogens is 380 g/mol. The van der Waals surface area contributed by atoms with Crippen molar-refractivity contribution in [2.24, 2.45) is 0 Å². The van der Waals surface area contributed by atoms with E-state index in [-0.39, 0.29) is 10.7 Å². The van der Waals surface area contributed by atoms with E-state index in [1.165, 1.54) is 32.3 Å². The van der Waals surface area contributed by atoms with Crippen LogP contribution < -0.4 is 24.4 Å². The summed E-state index contributed by atoms with van der Waals surface area (Å²) in [7, 11) is 4.47. The topological polar surface area (TPSA) is 77.1 Å². The third kappa shape index (κ3) is 3.54. The maximum atomic E-state index is 13.1. The van der Waals surface area contributed by atoms with E-state index in [0.717, 1.165) is 0 Å². The van der Waals surface area contributed by atoms with E-state index >= 15 is 0 Å². The molecule has 0 saturated carbocycles. The largest absolute Gasteiger partial charge is 0.496 e. The minimum Gasteiger partial charge on any atom is -0.496 e. The predicted octanol–water partition coefficient (Wildman–Crippen LogP) is 2.54. The zero-order valence-electron chi connectivity index (χ0n) is 15.5. The van der Waals surface area contributed by atoms with Crippen LogP contribution in [0.4, 0.5) is 5.69 Å². The minimum absolute atomic E-state index is 0.0204. The molecule has 2 amide bonds. The van der Waals surface area contributed by atoms with Crippen LogP contribution in [0.2, 0.25) is 0 Å². The SMILES string of the molecule is COc1cc(OC)c(/C=C2/C(=O)NC(=S)N(c3ccccc3)C2=O)c(OC)c1. The molecule has 1 fully saturated rings. The van der Waals surface area contributed by atoms with Gasteiger partial charge >= 0.3 is 0 Å². The summed E-state index contributed by atoms with van der Waals surface area (Å²) in [6.45, 7) is 0. The molecule has 2 aromatic carbocycles. The summed E-state index contributed by atoms with van der Waals surface area (Å²) in [6, 6.07) is 12.1. The number of methoxy groups -OCH3 is 3. The van der Waals surface area contributed by atoms with Crippen LogP contribution in [-0.4, -0.2) is 38.3 Å². The summed E-state index contributed by atoms with van der Waals surface area (Å²) in [5.41, 5.74) is 0.890. The molecule has 0 radical (unpaired) electrons. The van der Waals surface area contributed by atoms with E-state index in [9.17, 15) is 9.59 Å². The second kappa shape index (κ2) is 8.10. The van der Waals surface area contributed by atoms with Gasteiger partial charge < -0.3 is 14.2 Å². The van der Waals surface area contributed by atoms with Crippen LogP contribution in [0.5, 0.6) is 17.2 Å². The van der Waals surface area contributed by atoms with Gasteiger partial charge in [-0.3, -0.25) is 19.8 Å². The normalized spacial score (nSPS) is 15.5. The van der Waals surface area contributed by atoms with Crippen LogP contribution in [0, 0.1) is 0 Å². The number of thiocarbonyl (C=S) groups is 1. The van der Waals surface area contributed by atoms with Gasteiger partial charge in [-0.15, -0.1) is 0 Å². The first kappa shape index (κ1) is 19.4. The number of ether oxygens (including phenoxy) is 3. The van der Waals surface area contributed by atoms with Crippen molar-refractivity contribution in [3.8, 4) is 17.2 Å². The highest BCUT2D eigenvalue weighted by Crippen LogP contribution is 2.36. The van der Waals surface area contributed by atoms with Crippen molar-refractivity contribution in [2.75, 3.05) is 26.2 Å². The van der Waals surface area contributed by atoms with Crippen LogP contribution in [-0.2, 0) is 9.59 Å². The van der Waals surface area contributed by atoms with E-state index in [4.69, 9.17) is 26.4 Å². The molecule has 0 aromatic heterocycles. The van der Waals surface area contributed by atoms with Gasteiger partial charge in [0, 0.05) is 12.1 Å². The summed E-state index contributed by atoms with van der Waals surface area (Å²) < 4.78 is 16.0. The molecule has 8 heteroatoms. The average molecular weight is 398 g/mol. The van der Waals surface area contributed by atoms with E-state index in [0.29, 0.717) is 28.5 Å². The summed E-state index contributed by atoms with van der Waals surface area (Å²) in [6.07, 6.45) is 1.42. The Kier molecular flexibility index (Phi) is 5.60. The highest BCUT2D eigenvalue weighted by atomic mass is 32.1. The molecule has 0 aliphatic carbocycles. The molecule has 1 saturated heterocycles. The van der Waals surface area contributed by atoms with E-state index in [2.05, 4.69) is 5.32 Å². The third-order valence-electron chi connectivity index (χ3n) is 4.16. The first-order chi connectivity index (χ1) is 13.5. The van der Waals surface area contributed by atoms with Gasteiger partial charge in [-0.2, -0.15) is 0 Å². The summed E-state index contributed by atoms with van der Waals surface area (Å²) in [4.78, 5) is 26.8. The fourth-order valence-electron chi connectivity index (χ4n) is 2.79. The Morgan fingerprint density at radius 3 is 2.11 bits per heavy atom. The van der Waals surface area contributed by atoms with Gasteiger partial charge in [0.1, 0.15) is 22.8 Å². The van der Waals surface area contributed by atoms with Gasteiger partial charge in [-0.05, 0) is 30.4 Å². The summed E-state index contributed by atoms with van der Waals surface area (Å²) in [5, 5.41) is 2.57. The number of nitrogens with one attached hydrogen (secondary N) is 1. The van der Waals surface area contributed by atoms with E-state index in [1.807, 2.05) is 6.07 Å². The molecule has 0 spiro atoms. The Hall–Kier alpha value is -3.39. The highest BCUT2D eigenvalue weighted by molar-refractivity contribution is 7.80. The monoisotopic (exact) mass is 398 g/mol. The van der Waals surface area contributed by atoms with Crippen molar-refractivity contribution in [1.82, 2.24) is 5.32 Å². The number of carbonyl (C=O) groups excluding carboxylic acids is 2. The molecule has 1 N–H and O–H groups in total. The number of hydrogen-bond donors (Lipinski definition) is 1. The lowest BCUT2D eigenvalue weighted by atomic mass is 10.0. The summed E-state index contributed by atoms with van der Waals surface area (Å²) in [5.74, 6) is 0.164. The van der Waals surface area contributed by atoms with Crippen molar-refractivity contribution >= 4 is 40.9 Å². The van der Waals surface area contributed by atoms with Crippen molar-refractivity contribution in [3.05, 3.63) is 53.6 Å². The van der Waals surface area contributed by atoms with Gasteiger partial charge in [0.15, 0.2) is 5.11 Å². The molecule has 0 unspecified atom stereocenters. The number of hydrogen-bond acceptors (Lipinski definition) is 6. The second-order valence-corrected chi connectivity index (χ2v) is 6.13. The van der Waals surface area contributed by atoms with Crippen molar-refractivity contribution in [3.63, 3.8) is 0 Å². The average Bonchev–Trinajstić information content (AvgIpc) is 2.71. The molecule has 28 heavy (non-hydrogen) atoms. The molecule has 1 heterocycles. The van der Waals surface area contributed by atoms with E-state index < -0.39 is 11.8 Å². The minimum atomic E-state index is -0.595. The lowest BCUT2D eigenvalue weighted by Crippen LogP contribution is -2.54. The Morgan fingerprint density at radius 1 is 0.964 bits per heavy atom. The lowest BCUT2D eigenvalue weighted by molar-refractivity contribution is -0.122. The fourth-order valence-corrected chi connectivity index (χ4v) is 3.07. The number of rotatable bonds is 5. The van der Waals surface area contributed by atoms with Crippen LogP contribution in [0.25, 0.3) is 6.08 Å². The fraction of sp³-hybridized carbons (Fsp3) is 0.150. The molecule has 1 aliphatic rings. The van der Waals surface area contributed by atoms with Gasteiger partial charge in [0.05, 0.1) is 32.6 Å². The molecular formula is C20H18N2O5S. The maximum absolute atomic E-state index is 13.1. The number of benzene rings is 2. The molecule has 0 atom stereocenters. The predicted molar refractivity (Wildman–Crippen MR) is 109 cm³/mol. The maximum Gasteiger partial charge on any atom is 0.270 e. The Labute approximate surface area is 167 Å². The Bertz CT molecular complexity index is 947. The molecule has 0 bridgehead atoms. The quantitative estimate of drug-likeness (QED) is 0.474. The van der Waals surface area contributed by atoms with Gasteiger partial charge in [0.2, 0.25) is 0 Å². The molecule has 2 aromatic rings. The van der Waals surface area contributed by atoms with Gasteiger partial charge in [-0.25, -0.2) is 0 Å².